The van der Waals surface area contributed by atoms with E-state index in [-0.39, 0.29) is 30.6 Å². The van der Waals surface area contributed by atoms with Gasteiger partial charge in [0, 0.05) is 12.1 Å². The lowest BCUT2D eigenvalue weighted by Gasteiger charge is -2.26. The van der Waals surface area contributed by atoms with Crippen molar-refractivity contribution < 1.29 is 28.9 Å². The third-order valence-corrected chi connectivity index (χ3v) is 5.48. The molecule has 1 heterocycles. The zero-order chi connectivity index (χ0) is 24.1. The summed E-state index contributed by atoms with van der Waals surface area (Å²) in [4.78, 5) is 27.6. The van der Waals surface area contributed by atoms with Crippen LogP contribution in [0.5, 0.6) is 11.5 Å². The minimum absolute atomic E-state index is 0.0103. The maximum Gasteiger partial charge on any atom is 0.295 e. The molecule has 33 heavy (non-hydrogen) atoms. The number of likely N-dealkylation sites (tertiary alicyclic amines) is 1. The van der Waals surface area contributed by atoms with Crippen molar-refractivity contribution in [1.82, 2.24) is 4.90 Å². The van der Waals surface area contributed by atoms with Crippen molar-refractivity contribution in [1.29, 1.82) is 0 Å². The predicted molar refractivity (Wildman–Crippen MR) is 125 cm³/mol. The Balaban J connectivity index is 2.10. The van der Waals surface area contributed by atoms with Crippen molar-refractivity contribution in [2.24, 2.45) is 0 Å². The van der Waals surface area contributed by atoms with E-state index >= 15 is 0 Å². The van der Waals surface area contributed by atoms with Crippen LogP contribution in [0.3, 0.4) is 0 Å². The molecule has 0 aromatic heterocycles. The average molecular weight is 454 g/mol. The van der Waals surface area contributed by atoms with Gasteiger partial charge in [0.2, 0.25) is 0 Å². The first-order chi connectivity index (χ1) is 15.8. The standard InChI is InChI=1S/C26H31NO6/c1-6-32-21-11-10-19(14-17(21)4)24(28)22-23(18-8-7-9-20(15-18)31-5)27(26(30)25(22)29)12-13-33-16(2)3/h7-11,14-16,23,28H,6,12-13H2,1-5H3/b24-22-. The summed E-state index contributed by atoms with van der Waals surface area (Å²) < 4.78 is 16.5. The minimum atomic E-state index is -0.761. The van der Waals surface area contributed by atoms with Gasteiger partial charge in [-0.05, 0) is 69.2 Å². The van der Waals surface area contributed by atoms with Crippen molar-refractivity contribution in [3.05, 3.63) is 64.7 Å². The molecule has 0 spiro atoms. The lowest BCUT2D eigenvalue weighted by Crippen LogP contribution is -2.33. The van der Waals surface area contributed by atoms with Gasteiger partial charge < -0.3 is 24.2 Å². The average Bonchev–Trinajstić information content (AvgIpc) is 3.05. The van der Waals surface area contributed by atoms with E-state index in [0.29, 0.717) is 29.2 Å². The highest BCUT2D eigenvalue weighted by molar-refractivity contribution is 6.46. The molecule has 1 N–H and O–H groups in total. The van der Waals surface area contributed by atoms with Crippen LogP contribution >= 0.6 is 0 Å². The molecule has 1 atom stereocenters. The van der Waals surface area contributed by atoms with E-state index < -0.39 is 17.7 Å². The van der Waals surface area contributed by atoms with Crippen LogP contribution in [0.4, 0.5) is 0 Å². The van der Waals surface area contributed by atoms with E-state index in [4.69, 9.17) is 14.2 Å². The number of amides is 1. The number of nitrogens with zero attached hydrogens (tertiary/aromatic N) is 1. The lowest BCUT2D eigenvalue weighted by molar-refractivity contribution is -0.140. The summed E-state index contributed by atoms with van der Waals surface area (Å²) in [6.07, 6.45) is -0.0103. The van der Waals surface area contributed by atoms with E-state index in [1.165, 1.54) is 4.90 Å². The van der Waals surface area contributed by atoms with Crippen LogP contribution in [0.25, 0.3) is 5.76 Å². The molecule has 0 aliphatic carbocycles. The predicted octanol–water partition coefficient (Wildman–Crippen LogP) is 4.25. The normalized spacial score (nSPS) is 17.6. The molecule has 1 aliphatic rings. The second kappa shape index (κ2) is 10.5. The number of methoxy groups -OCH3 is 1. The van der Waals surface area contributed by atoms with Gasteiger partial charge in [0.1, 0.15) is 17.3 Å². The fourth-order valence-corrected chi connectivity index (χ4v) is 3.93. The molecule has 1 fully saturated rings. The van der Waals surface area contributed by atoms with Gasteiger partial charge in [0.05, 0.1) is 38.0 Å². The number of ketones is 1. The number of Topliss-reactive ketones (excluding diaryl/α,β-unsaturated/α-hetero) is 1. The van der Waals surface area contributed by atoms with Gasteiger partial charge in [-0.3, -0.25) is 9.59 Å². The topological polar surface area (TPSA) is 85.3 Å². The summed E-state index contributed by atoms with van der Waals surface area (Å²) in [5.74, 6) is -0.325. The van der Waals surface area contributed by atoms with Crippen LogP contribution in [0.15, 0.2) is 48.0 Å². The molecule has 7 nitrogen and oxygen atoms in total. The minimum Gasteiger partial charge on any atom is -0.507 e. The van der Waals surface area contributed by atoms with E-state index in [1.807, 2.05) is 33.8 Å². The second-order valence-corrected chi connectivity index (χ2v) is 8.10. The van der Waals surface area contributed by atoms with Crippen LogP contribution in [-0.2, 0) is 14.3 Å². The Kier molecular flexibility index (Phi) is 7.76. The van der Waals surface area contributed by atoms with Gasteiger partial charge in [-0.25, -0.2) is 0 Å². The molecule has 0 saturated carbocycles. The summed E-state index contributed by atoms with van der Waals surface area (Å²) in [7, 11) is 1.55. The van der Waals surface area contributed by atoms with Crippen molar-refractivity contribution in [2.75, 3.05) is 26.9 Å². The first-order valence-electron chi connectivity index (χ1n) is 11.1. The number of hydrogen-bond donors (Lipinski definition) is 1. The lowest BCUT2D eigenvalue weighted by atomic mass is 9.94. The number of carbonyl (C=O) groups is 2. The number of aryl methyl sites for hydroxylation is 1. The maximum atomic E-state index is 13.1. The SMILES string of the molecule is CCOc1ccc(/C(O)=C2/C(=O)C(=O)N(CCOC(C)C)C2c2cccc(OC)c2)cc1C. The number of aliphatic hydroxyl groups is 1. The number of aliphatic hydroxyl groups excluding tert-OH is 1. The monoisotopic (exact) mass is 453 g/mol. The van der Waals surface area contributed by atoms with E-state index in [9.17, 15) is 14.7 Å². The smallest absolute Gasteiger partial charge is 0.295 e. The van der Waals surface area contributed by atoms with Crippen LogP contribution in [-0.4, -0.2) is 54.7 Å². The summed E-state index contributed by atoms with van der Waals surface area (Å²) in [5.41, 5.74) is 1.97. The van der Waals surface area contributed by atoms with Crippen molar-refractivity contribution in [3.8, 4) is 11.5 Å². The summed E-state index contributed by atoms with van der Waals surface area (Å²) >= 11 is 0. The Morgan fingerprint density at radius 2 is 1.91 bits per heavy atom. The number of carbonyl (C=O) groups excluding carboxylic acids is 2. The maximum absolute atomic E-state index is 13.1. The molecule has 1 saturated heterocycles. The third-order valence-electron chi connectivity index (χ3n) is 5.48. The Labute approximate surface area is 194 Å². The first kappa shape index (κ1) is 24.3. The van der Waals surface area contributed by atoms with Crippen molar-refractivity contribution in [3.63, 3.8) is 0 Å². The molecular weight excluding hydrogens is 422 g/mol. The zero-order valence-electron chi connectivity index (χ0n) is 19.8. The van der Waals surface area contributed by atoms with Gasteiger partial charge in [-0.1, -0.05) is 12.1 Å². The van der Waals surface area contributed by atoms with E-state index in [0.717, 1.165) is 5.56 Å². The van der Waals surface area contributed by atoms with Gasteiger partial charge in [0.25, 0.3) is 11.7 Å². The Morgan fingerprint density at radius 3 is 2.55 bits per heavy atom. The molecule has 0 radical (unpaired) electrons. The highest BCUT2D eigenvalue weighted by Gasteiger charge is 2.46. The number of benzene rings is 2. The molecule has 0 bridgehead atoms. The number of rotatable bonds is 9. The molecule has 1 amide bonds. The third kappa shape index (κ3) is 5.20. The molecule has 176 valence electrons. The molecule has 2 aromatic carbocycles. The van der Waals surface area contributed by atoms with E-state index in [2.05, 4.69) is 0 Å². The summed E-state index contributed by atoms with van der Waals surface area (Å²) in [5, 5.41) is 11.2. The fraction of sp³-hybridized carbons (Fsp3) is 0.385. The number of ether oxygens (including phenoxy) is 3. The Bertz CT molecular complexity index is 1060. The van der Waals surface area contributed by atoms with Crippen molar-refractivity contribution >= 4 is 17.4 Å². The van der Waals surface area contributed by atoms with Gasteiger partial charge in [-0.2, -0.15) is 0 Å². The van der Waals surface area contributed by atoms with Crippen molar-refractivity contribution in [2.45, 2.75) is 39.8 Å². The highest BCUT2D eigenvalue weighted by atomic mass is 16.5. The van der Waals surface area contributed by atoms with E-state index in [1.54, 1.807) is 43.5 Å². The second-order valence-electron chi connectivity index (χ2n) is 8.10. The quantitative estimate of drug-likeness (QED) is 0.347. The molecule has 1 aliphatic heterocycles. The summed E-state index contributed by atoms with van der Waals surface area (Å²) in [6, 6.07) is 11.6. The molecule has 2 aromatic rings. The molecule has 1 unspecified atom stereocenters. The van der Waals surface area contributed by atoms with Crippen LogP contribution in [0, 0.1) is 6.92 Å². The Morgan fingerprint density at radius 1 is 1.15 bits per heavy atom. The van der Waals surface area contributed by atoms with Crippen LogP contribution in [0.2, 0.25) is 0 Å². The molecule has 7 heteroatoms. The largest absolute Gasteiger partial charge is 0.507 e. The van der Waals surface area contributed by atoms with Crippen LogP contribution in [0.1, 0.15) is 43.5 Å². The molecular formula is C26H31NO6. The zero-order valence-corrected chi connectivity index (χ0v) is 19.8. The first-order valence-corrected chi connectivity index (χ1v) is 11.1. The Hall–Kier alpha value is -3.32. The molecule has 3 rings (SSSR count). The van der Waals surface area contributed by atoms with Gasteiger partial charge in [0.15, 0.2) is 0 Å². The highest BCUT2D eigenvalue weighted by Crippen LogP contribution is 2.40. The fourth-order valence-electron chi connectivity index (χ4n) is 3.93. The van der Waals surface area contributed by atoms with Crippen LogP contribution < -0.4 is 9.47 Å². The number of hydrogen-bond acceptors (Lipinski definition) is 6. The van der Waals surface area contributed by atoms with Gasteiger partial charge in [-0.15, -0.1) is 0 Å². The summed E-state index contributed by atoms with van der Waals surface area (Å²) in [6.45, 7) is 8.57. The van der Waals surface area contributed by atoms with Gasteiger partial charge >= 0.3 is 0 Å².